The van der Waals surface area contributed by atoms with E-state index in [0.29, 0.717) is 18.0 Å². The summed E-state index contributed by atoms with van der Waals surface area (Å²) < 4.78 is 0. The zero-order valence-electron chi connectivity index (χ0n) is 17.3. The van der Waals surface area contributed by atoms with Gasteiger partial charge in [0.15, 0.2) is 5.96 Å². The minimum absolute atomic E-state index is 0. The molecule has 0 bridgehead atoms. The van der Waals surface area contributed by atoms with Gasteiger partial charge in [0, 0.05) is 50.2 Å². The number of rotatable bonds is 6. The fraction of sp³-hybridized carbons (Fsp3) is 0.667. The predicted octanol–water partition coefficient (Wildman–Crippen LogP) is 3.56. The Labute approximate surface area is 191 Å². The van der Waals surface area contributed by atoms with E-state index >= 15 is 0 Å². The normalized spacial score (nSPS) is 25.1. The van der Waals surface area contributed by atoms with Gasteiger partial charge < -0.3 is 10.6 Å². The maximum absolute atomic E-state index is 4.48. The number of piperidine rings is 2. The number of halogens is 1. The fourth-order valence-corrected chi connectivity index (χ4v) is 5.42. The van der Waals surface area contributed by atoms with Crippen LogP contribution in [0.3, 0.4) is 0 Å². The van der Waals surface area contributed by atoms with Gasteiger partial charge in [0.2, 0.25) is 0 Å². The van der Waals surface area contributed by atoms with Crippen molar-refractivity contribution in [1.29, 1.82) is 0 Å². The van der Waals surface area contributed by atoms with Crippen molar-refractivity contribution in [3.05, 3.63) is 35.0 Å². The molecule has 7 heteroatoms. The Hall–Kier alpha value is -0.640. The van der Waals surface area contributed by atoms with E-state index < -0.39 is 0 Å². The van der Waals surface area contributed by atoms with Gasteiger partial charge in [0.25, 0.3) is 0 Å². The molecule has 2 aliphatic rings. The number of nitrogens with zero attached hydrogens (tertiary/aromatic N) is 3. The summed E-state index contributed by atoms with van der Waals surface area (Å²) in [5, 5.41) is 9.46. The zero-order chi connectivity index (χ0) is 19.1. The van der Waals surface area contributed by atoms with Crippen LogP contribution >= 0.6 is 35.3 Å². The third-order valence-corrected chi connectivity index (χ3v) is 6.86. The highest BCUT2D eigenvalue weighted by atomic mass is 127. The Kier molecular flexibility index (Phi) is 10.3. The lowest BCUT2D eigenvalue weighted by molar-refractivity contribution is 0.125. The number of guanidine groups is 1. The molecule has 0 saturated carbocycles. The third kappa shape index (κ3) is 6.43. The van der Waals surface area contributed by atoms with E-state index in [-0.39, 0.29) is 24.0 Å². The number of likely N-dealkylation sites (tertiary alicyclic amines) is 2. The molecule has 0 amide bonds. The minimum Gasteiger partial charge on any atom is -0.356 e. The van der Waals surface area contributed by atoms with E-state index in [1.54, 1.807) is 0 Å². The molecule has 1 aromatic heterocycles. The molecule has 2 unspecified atom stereocenters. The minimum atomic E-state index is 0. The summed E-state index contributed by atoms with van der Waals surface area (Å²) in [6.07, 6.45) is 6.88. The summed E-state index contributed by atoms with van der Waals surface area (Å²) >= 11 is 1.88. The molecule has 0 radical (unpaired) electrons. The third-order valence-electron chi connectivity index (χ3n) is 5.91. The summed E-state index contributed by atoms with van der Waals surface area (Å²) in [6.45, 7) is 9.27. The SMILES string of the molecule is C=CCN1CCC(NC(=NC)NCC2CCCN(C)C2c2cccs2)CC1.I. The first-order chi connectivity index (χ1) is 13.2. The summed E-state index contributed by atoms with van der Waals surface area (Å²) in [4.78, 5) is 11.0. The average Bonchev–Trinajstić information content (AvgIpc) is 3.21. The molecule has 1 aromatic rings. The topological polar surface area (TPSA) is 42.9 Å². The van der Waals surface area contributed by atoms with Gasteiger partial charge in [-0.15, -0.1) is 41.9 Å². The number of aliphatic imine (C=N–C) groups is 1. The first-order valence-corrected chi connectivity index (χ1v) is 11.1. The van der Waals surface area contributed by atoms with E-state index in [9.17, 15) is 0 Å². The van der Waals surface area contributed by atoms with Gasteiger partial charge in [-0.05, 0) is 56.6 Å². The zero-order valence-corrected chi connectivity index (χ0v) is 20.4. The van der Waals surface area contributed by atoms with E-state index in [1.807, 2.05) is 24.5 Å². The molecule has 158 valence electrons. The van der Waals surface area contributed by atoms with Gasteiger partial charge >= 0.3 is 0 Å². The molecule has 0 aliphatic carbocycles. The van der Waals surface area contributed by atoms with Crippen LogP contribution in [0.2, 0.25) is 0 Å². The second kappa shape index (κ2) is 12.1. The lowest BCUT2D eigenvalue weighted by atomic mass is 9.88. The Bertz CT molecular complexity index is 598. The Morgan fingerprint density at radius 1 is 1.32 bits per heavy atom. The Morgan fingerprint density at radius 2 is 2.11 bits per heavy atom. The summed E-state index contributed by atoms with van der Waals surface area (Å²) in [7, 11) is 4.15. The first kappa shape index (κ1) is 23.6. The van der Waals surface area contributed by atoms with Crippen LogP contribution in [0.25, 0.3) is 0 Å². The highest BCUT2D eigenvalue weighted by Gasteiger charge is 2.31. The van der Waals surface area contributed by atoms with Gasteiger partial charge in [0.1, 0.15) is 0 Å². The molecule has 5 nitrogen and oxygen atoms in total. The predicted molar refractivity (Wildman–Crippen MR) is 132 cm³/mol. The van der Waals surface area contributed by atoms with Crippen LogP contribution < -0.4 is 10.6 Å². The van der Waals surface area contributed by atoms with Gasteiger partial charge in [-0.25, -0.2) is 0 Å². The van der Waals surface area contributed by atoms with Crippen LogP contribution in [0, 0.1) is 5.92 Å². The molecule has 2 aliphatic heterocycles. The standard InChI is InChI=1S/C21H35N5S.HI/c1-4-11-26-13-9-18(10-14-26)24-21(22-2)23-16-17-7-5-12-25(3)20(17)19-8-6-15-27-19;/h4,6,8,15,17-18,20H,1,5,7,9-14,16H2,2-3H3,(H2,22,23,24);1H. The smallest absolute Gasteiger partial charge is 0.191 e. The van der Waals surface area contributed by atoms with Gasteiger partial charge in [-0.2, -0.15) is 0 Å². The number of hydrogen-bond acceptors (Lipinski definition) is 4. The highest BCUT2D eigenvalue weighted by molar-refractivity contribution is 14.0. The molecule has 2 N–H and O–H groups in total. The van der Waals surface area contributed by atoms with Crippen molar-refractivity contribution in [2.24, 2.45) is 10.9 Å². The molecule has 2 fully saturated rings. The van der Waals surface area contributed by atoms with Crippen molar-refractivity contribution in [2.45, 2.75) is 37.8 Å². The molecule has 2 saturated heterocycles. The Balaban J connectivity index is 0.00000280. The van der Waals surface area contributed by atoms with Crippen molar-refractivity contribution in [3.63, 3.8) is 0 Å². The number of nitrogens with one attached hydrogen (secondary N) is 2. The number of hydrogen-bond donors (Lipinski definition) is 2. The van der Waals surface area contributed by atoms with E-state index in [0.717, 1.165) is 32.1 Å². The molecule has 0 aromatic carbocycles. The molecule has 3 heterocycles. The second-order valence-corrected chi connectivity index (χ2v) is 8.78. The lowest BCUT2D eigenvalue weighted by Crippen LogP contribution is -2.50. The van der Waals surface area contributed by atoms with E-state index in [2.05, 4.69) is 56.6 Å². The van der Waals surface area contributed by atoms with Crippen molar-refractivity contribution in [1.82, 2.24) is 20.4 Å². The maximum atomic E-state index is 4.48. The summed E-state index contributed by atoms with van der Waals surface area (Å²) in [6, 6.07) is 5.49. The summed E-state index contributed by atoms with van der Waals surface area (Å²) in [5.74, 6) is 1.57. The van der Waals surface area contributed by atoms with Crippen LogP contribution in [-0.4, -0.2) is 68.6 Å². The molecular formula is C21H36IN5S. The first-order valence-electron chi connectivity index (χ1n) is 10.3. The largest absolute Gasteiger partial charge is 0.356 e. The van der Waals surface area contributed by atoms with Crippen molar-refractivity contribution >= 4 is 41.3 Å². The van der Waals surface area contributed by atoms with E-state index in [1.165, 1.54) is 37.1 Å². The maximum Gasteiger partial charge on any atom is 0.191 e. The van der Waals surface area contributed by atoms with Gasteiger partial charge in [-0.3, -0.25) is 14.8 Å². The highest BCUT2D eigenvalue weighted by Crippen LogP contribution is 2.36. The fourth-order valence-electron chi connectivity index (χ4n) is 4.44. The lowest BCUT2D eigenvalue weighted by Gasteiger charge is -2.39. The monoisotopic (exact) mass is 517 g/mol. The van der Waals surface area contributed by atoms with Gasteiger partial charge in [0.05, 0.1) is 0 Å². The van der Waals surface area contributed by atoms with Crippen molar-refractivity contribution < 1.29 is 0 Å². The van der Waals surface area contributed by atoms with Crippen LogP contribution in [-0.2, 0) is 0 Å². The van der Waals surface area contributed by atoms with Crippen LogP contribution in [0.15, 0.2) is 35.2 Å². The number of thiophene rings is 1. The molecule has 0 spiro atoms. The Morgan fingerprint density at radius 3 is 2.75 bits per heavy atom. The van der Waals surface area contributed by atoms with Gasteiger partial charge in [-0.1, -0.05) is 12.1 Å². The quantitative estimate of drug-likeness (QED) is 0.262. The second-order valence-electron chi connectivity index (χ2n) is 7.80. The molecule has 2 atom stereocenters. The average molecular weight is 518 g/mol. The van der Waals surface area contributed by atoms with E-state index in [4.69, 9.17) is 0 Å². The molecular weight excluding hydrogens is 481 g/mol. The van der Waals surface area contributed by atoms with Crippen LogP contribution in [0.5, 0.6) is 0 Å². The van der Waals surface area contributed by atoms with Crippen molar-refractivity contribution in [2.75, 3.05) is 46.8 Å². The summed E-state index contributed by atoms with van der Waals surface area (Å²) in [5.41, 5.74) is 0. The van der Waals surface area contributed by atoms with Crippen LogP contribution in [0.4, 0.5) is 0 Å². The molecule has 3 rings (SSSR count). The van der Waals surface area contributed by atoms with Crippen LogP contribution in [0.1, 0.15) is 36.6 Å². The van der Waals surface area contributed by atoms with Crippen molar-refractivity contribution in [3.8, 4) is 0 Å². The molecule has 28 heavy (non-hydrogen) atoms.